The monoisotopic (exact) mass is 387 g/mol. The highest BCUT2D eigenvalue weighted by molar-refractivity contribution is 7.89. The van der Waals surface area contributed by atoms with Crippen LogP contribution in [0.2, 0.25) is 0 Å². The molecule has 0 N–H and O–H groups in total. The molecule has 0 aliphatic carbocycles. The second-order valence-corrected chi connectivity index (χ2v) is 9.82. The smallest absolute Gasteiger partial charge is 0.243 e. The molecule has 4 rings (SSSR count). The molecule has 2 aliphatic rings. The summed E-state index contributed by atoms with van der Waals surface area (Å²) in [6.07, 6.45) is -0.677. The van der Waals surface area contributed by atoms with Crippen molar-refractivity contribution in [2.45, 2.75) is 43.7 Å². The molecule has 2 heterocycles. The Morgan fingerprint density at radius 1 is 1.00 bits per heavy atom. The molecule has 0 saturated carbocycles. The van der Waals surface area contributed by atoms with E-state index >= 15 is 0 Å². The lowest BCUT2D eigenvalue weighted by molar-refractivity contribution is -0.294. The molecule has 0 aromatic heterocycles. The topological polar surface area (TPSA) is 55.8 Å². The van der Waals surface area contributed by atoms with Crippen LogP contribution in [0.15, 0.2) is 59.5 Å². The maximum atomic E-state index is 13.1. The minimum atomic E-state index is -3.55. The van der Waals surface area contributed by atoms with Gasteiger partial charge in [-0.3, -0.25) is 0 Å². The first-order valence-corrected chi connectivity index (χ1v) is 10.7. The van der Waals surface area contributed by atoms with E-state index in [2.05, 4.69) is 0 Å². The summed E-state index contributed by atoms with van der Waals surface area (Å²) in [4.78, 5) is 0.324. The Morgan fingerprint density at radius 2 is 1.67 bits per heavy atom. The number of ether oxygens (including phenoxy) is 2. The zero-order chi connectivity index (χ0) is 19.2. The molecule has 0 amide bonds. The van der Waals surface area contributed by atoms with Gasteiger partial charge in [-0.05, 0) is 32.9 Å². The van der Waals surface area contributed by atoms with Crippen LogP contribution in [-0.4, -0.2) is 37.5 Å². The third kappa shape index (κ3) is 3.43. The van der Waals surface area contributed by atoms with Crippen molar-refractivity contribution in [3.8, 4) is 0 Å². The Labute approximate surface area is 161 Å². The van der Waals surface area contributed by atoms with Crippen molar-refractivity contribution in [2.75, 3.05) is 13.1 Å². The standard InChI is InChI=1S/C21H25NO4S/c1-15-9-11-17(12-10-15)27(23,24)22-13-18-19(14-22)25-20(26-21(18,2)3)16-7-5-4-6-8-16/h4-12,18-20H,13-14H2,1-3H3/t18-,19-,20-/m0/s1. The second-order valence-electron chi connectivity index (χ2n) is 7.88. The quantitative estimate of drug-likeness (QED) is 0.809. The van der Waals surface area contributed by atoms with Crippen molar-refractivity contribution in [1.82, 2.24) is 4.31 Å². The highest BCUT2D eigenvalue weighted by Gasteiger charge is 2.52. The van der Waals surface area contributed by atoms with Crippen LogP contribution in [0.5, 0.6) is 0 Å². The fourth-order valence-electron chi connectivity index (χ4n) is 3.91. The fourth-order valence-corrected chi connectivity index (χ4v) is 5.39. The highest BCUT2D eigenvalue weighted by Crippen LogP contribution is 2.44. The normalized spacial score (nSPS) is 28.0. The zero-order valence-electron chi connectivity index (χ0n) is 15.8. The molecule has 144 valence electrons. The van der Waals surface area contributed by atoms with Crippen LogP contribution < -0.4 is 0 Å². The van der Waals surface area contributed by atoms with E-state index in [4.69, 9.17) is 9.47 Å². The van der Waals surface area contributed by atoms with Crippen LogP contribution in [0.1, 0.15) is 31.3 Å². The summed E-state index contributed by atoms with van der Waals surface area (Å²) < 4.78 is 40.1. The molecule has 2 fully saturated rings. The van der Waals surface area contributed by atoms with E-state index in [1.807, 2.05) is 63.2 Å². The number of sulfonamides is 1. The molecule has 0 radical (unpaired) electrons. The number of nitrogens with zero attached hydrogens (tertiary/aromatic N) is 1. The van der Waals surface area contributed by atoms with Crippen LogP contribution in [0, 0.1) is 12.8 Å². The Balaban J connectivity index is 1.59. The second kappa shape index (κ2) is 6.71. The molecular weight excluding hydrogens is 362 g/mol. The summed E-state index contributed by atoms with van der Waals surface area (Å²) in [7, 11) is -3.55. The van der Waals surface area contributed by atoms with Crippen molar-refractivity contribution >= 4 is 10.0 Å². The van der Waals surface area contributed by atoms with Gasteiger partial charge in [0.2, 0.25) is 10.0 Å². The third-order valence-electron chi connectivity index (χ3n) is 5.57. The number of hydrogen-bond acceptors (Lipinski definition) is 4. The van der Waals surface area contributed by atoms with Gasteiger partial charge in [0.25, 0.3) is 0 Å². The van der Waals surface area contributed by atoms with E-state index in [1.54, 1.807) is 12.1 Å². The Kier molecular flexibility index (Phi) is 4.63. The number of fused-ring (bicyclic) bond motifs is 1. The van der Waals surface area contributed by atoms with Crippen molar-refractivity contribution < 1.29 is 17.9 Å². The van der Waals surface area contributed by atoms with Gasteiger partial charge in [-0.1, -0.05) is 48.0 Å². The minimum Gasteiger partial charge on any atom is -0.343 e. The fraction of sp³-hybridized carbons (Fsp3) is 0.429. The summed E-state index contributed by atoms with van der Waals surface area (Å²) in [5.41, 5.74) is 1.50. The number of rotatable bonds is 3. The Bertz CT molecular complexity index is 909. The molecule has 2 aliphatic heterocycles. The van der Waals surface area contributed by atoms with E-state index in [1.165, 1.54) is 4.31 Å². The summed E-state index contributed by atoms with van der Waals surface area (Å²) in [5.74, 6) is -0.0160. The number of benzene rings is 2. The largest absolute Gasteiger partial charge is 0.343 e. The van der Waals surface area contributed by atoms with Crippen molar-refractivity contribution in [2.24, 2.45) is 5.92 Å². The van der Waals surface area contributed by atoms with Gasteiger partial charge in [0.15, 0.2) is 6.29 Å². The van der Waals surface area contributed by atoms with Crippen LogP contribution in [0.4, 0.5) is 0 Å². The lowest BCUT2D eigenvalue weighted by Gasteiger charge is -2.44. The van der Waals surface area contributed by atoms with Crippen LogP contribution in [-0.2, 0) is 19.5 Å². The van der Waals surface area contributed by atoms with Crippen molar-refractivity contribution in [1.29, 1.82) is 0 Å². The predicted octanol–water partition coefficient (Wildman–Crippen LogP) is 3.51. The first kappa shape index (κ1) is 18.6. The number of hydrogen-bond donors (Lipinski definition) is 0. The van der Waals surface area contributed by atoms with E-state index < -0.39 is 21.9 Å². The highest BCUT2D eigenvalue weighted by atomic mass is 32.2. The van der Waals surface area contributed by atoms with E-state index in [0.717, 1.165) is 11.1 Å². The minimum absolute atomic E-state index is 0.0160. The van der Waals surface area contributed by atoms with Crippen LogP contribution >= 0.6 is 0 Å². The van der Waals surface area contributed by atoms with Gasteiger partial charge in [0, 0.05) is 24.6 Å². The molecule has 27 heavy (non-hydrogen) atoms. The van der Waals surface area contributed by atoms with E-state index in [0.29, 0.717) is 18.0 Å². The summed E-state index contributed by atoms with van der Waals surface area (Å²) in [6.45, 7) is 6.72. The third-order valence-corrected chi connectivity index (χ3v) is 7.41. The Morgan fingerprint density at radius 3 is 2.33 bits per heavy atom. The molecule has 0 bridgehead atoms. The predicted molar refractivity (Wildman–Crippen MR) is 103 cm³/mol. The first-order chi connectivity index (χ1) is 12.8. The van der Waals surface area contributed by atoms with Crippen LogP contribution in [0.25, 0.3) is 0 Å². The average molecular weight is 388 g/mol. The maximum absolute atomic E-state index is 13.1. The van der Waals surface area contributed by atoms with Gasteiger partial charge >= 0.3 is 0 Å². The lowest BCUT2D eigenvalue weighted by Crippen LogP contribution is -2.48. The summed E-state index contributed by atoms with van der Waals surface area (Å²) >= 11 is 0. The van der Waals surface area contributed by atoms with Gasteiger partial charge in [-0.2, -0.15) is 4.31 Å². The van der Waals surface area contributed by atoms with E-state index in [-0.39, 0.29) is 12.0 Å². The van der Waals surface area contributed by atoms with Gasteiger partial charge < -0.3 is 9.47 Å². The molecule has 2 aromatic carbocycles. The SMILES string of the molecule is Cc1ccc(S(=O)(=O)N2C[C@@H]3O[C@H](c4ccccc4)OC(C)(C)[C@H]3C2)cc1. The van der Waals surface area contributed by atoms with Crippen molar-refractivity contribution in [3.63, 3.8) is 0 Å². The summed E-state index contributed by atoms with van der Waals surface area (Å²) in [5, 5.41) is 0. The molecule has 2 aromatic rings. The Hall–Kier alpha value is -1.73. The molecule has 6 heteroatoms. The van der Waals surface area contributed by atoms with Gasteiger partial charge in [0.05, 0.1) is 16.6 Å². The maximum Gasteiger partial charge on any atom is 0.243 e. The van der Waals surface area contributed by atoms with E-state index in [9.17, 15) is 8.42 Å². The molecule has 0 unspecified atom stereocenters. The molecular formula is C21H25NO4S. The van der Waals surface area contributed by atoms with Gasteiger partial charge in [-0.25, -0.2) is 8.42 Å². The average Bonchev–Trinajstić information content (AvgIpc) is 3.09. The van der Waals surface area contributed by atoms with Crippen molar-refractivity contribution in [3.05, 3.63) is 65.7 Å². The van der Waals surface area contributed by atoms with Gasteiger partial charge in [-0.15, -0.1) is 0 Å². The molecule has 3 atom stereocenters. The van der Waals surface area contributed by atoms with Gasteiger partial charge in [0.1, 0.15) is 0 Å². The molecule has 0 spiro atoms. The summed E-state index contributed by atoms with van der Waals surface area (Å²) in [6, 6.07) is 16.8. The molecule has 2 saturated heterocycles. The number of aryl methyl sites for hydroxylation is 1. The first-order valence-electron chi connectivity index (χ1n) is 9.22. The molecule has 5 nitrogen and oxygen atoms in total. The van der Waals surface area contributed by atoms with Crippen LogP contribution in [0.3, 0.4) is 0 Å². The zero-order valence-corrected chi connectivity index (χ0v) is 16.6. The lowest BCUT2D eigenvalue weighted by atomic mass is 9.87.